The topological polar surface area (TPSA) is 78.6 Å². The first-order chi connectivity index (χ1) is 12.4. The molecule has 3 aromatic rings. The molecule has 0 N–H and O–H groups in total. The number of rotatable bonds is 5. The third-order valence-corrected chi connectivity index (χ3v) is 3.79. The standard InChI is InChI=1S/C18H19FN4O3/c1-10(2)26-18(24)16-11(3)23-17(21-20-16)15(14(22-23)9-25-4)12-5-7-13(19)8-6-12/h5-8,10H,9H2,1-4H3. The SMILES string of the molecule is COCc1nn2c(C)c(C(=O)OC(C)C)nnc2c1-c1ccc(F)cc1. The molecular formula is C18H19FN4O3. The fourth-order valence-corrected chi connectivity index (χ4v) is 2.66. The van der Waals surface area contributed by atoms with Crippen LogP contribution < -0.4 is 0 Å². The van der Waals surface area contributed by atoms with E-state index < -0.39 is 5.97 Å². The van der Waals surface area contributed by atoms with E-state index in [0.717, 1.165) is 5.56 Å². The van der Waals surface area contributed by atoms with Gasteiger partial charge in [0.1, 0.15) is 5.82 Å². The van der Waals surface area contributed by atoms with Crippen LogP contribution in [0.25, 0.3) is 16.8 Å². The highest BCUT2D eigenvalue weighted by molar-refractivity contribution is 5.89. The Morgan fingerprint density at radius 2 is 1.92 bits per heavy atom. The van der Waals surface area contributed by atoms with Crippen LogP contribution in [0.3, 0.4) is 0 Å². The average Bonchev–Trinajstić information content (AvgIpc) is 2.95. The molecule has 0 aliphatic heterocycles. The van der Waals surface area contributed by atoms with Crippen LogP contribution in [0, 0.1) is 12.7 Å². The smallest absolute Gasteiger partial charge is 0.361 e. The molecule has 26 heavy (non-hydrogen) atoms. The molecule has 0 spiro atoms. The maximum absolute atomic E-state index is 13.3. The van der Waals surface area contributed by atoms with E-state index in [4.69, 9.17) is 9.47 Å². The summed E-state index contributed by atoms with van der Waals surface area (Å²) in [5, 5.41) is 12.7. The molecule has 0 saturated carbocycles. The number of hydrogen-bond donors (Lipinski definition) is 0. The van der Waals surface area contributed by atoms with Crippen molar-refractivity contribution in [2.75, 3.05) is 7.11 Å². The Kier molecular flexibility index (Phi) is 4.94. The highest BCUT2D eigenvalue weighted by atomic mass is 19.1. The molecule has 0 aliphatic carbocycles. The van der Waals surface area contributed by atoms with Crippen LogP contribution in [0.5, 0.6) is 0 Å². The van der Waals surface area contributed by atoms with Gasteiger partial charge < -0.3 is 9.47 Å². The van der Waals surface area contributed by atoms with Crippen LogP contribution >= 0.6 is 0 Å². The summed E-state index contributed by atoms with van der Waals surface area (Å²) in [7, 11) is 1.56. The summed E-state index contributed by atoms with van der Waals surface area (Å²) in [6.45, 7) is 5.48. The van der Waals surface area contributed by atoms with E-state index in [2.05, 4.69) is 15.3 Å². The van der Waals surface area contributed by atoms with E-state index >= 15 is 0 Å². The van der Waals surface area contributed by atoms with Gasteiger partial charge in [-0.3, -0.25) is 0 Å². The number of fused-ring (bicyclic) bond motifs is 1. The number of halogens is 1. The van der Waals surface area contributed by atoms with Crippen molar-refractivity contribution in [2.45, 2.75) is 33.5 Å². The van der Waals surface area contributed by atoms with Gasteiger partial charge in [0.25, 0.3) is 0 Å². The van der Waals surface area contributed by atoms with Gasteiger partial charge in [0.2, 0.25) is 0 Å². The van der Waals surface area contributed by atoms with Gasteiger partial charge in [-0.05, 0) is 38.5 Å². The quantitative estimate of drug-likeness (QED) is 0.653. The Hall–Kier alpha value is -2.87. The lowest BCUT2D eigenvalue weighted by Gasteiger charge is -2.09. The lowest BCUT2D eigenvalue weighted by Crippen LogP contribution is -2.17. The summed E-state index contributed by atoms with van der Waals surface area (Å²) in [6.07, 6.45) is -0.268. The molecule has 136 valence electrons. The maximum atomic E-state index is 13.3. The zero-order valence-corrected chi connectivity index (χ0v) is 15.0. The van der Waals surface area contributed by atoms with E-state index in [1.165, 1.54) is 16.6 Å². The summed E-state index contributed by atoms with van der Waals surface area (Å²) in [5.41, 5.74) is 3.11. The first kappa shape index (κ1) is 17.9. The lowest BCUT2D eigenvalue weighted by molar-refractivity contribution is 0.0367. The Labute approximate surface area is 149 Å². The second-order valence-corrected chi connectivity index (χ2v) is 6.09. The monoisotopic (exact) mass is 358 g/mol. The third kappa shape index (κ3) is 3.28. The second kappa shape index (κ2) is 7.17. The molecule has 0 amide bonds. The number of esters is 1. The van der Waals surface area contributed by atoms with Gasteiger partial charge >= 0.3 is 5.97 Å². The normalized spacial score (nSPS) is 11.3. The molecular weight excluding hydrogens is 339 g/mol. The van der Waals surface area contributed by atoms with Gasteiger partial charge in [-0.15, -0.1) is 10.2 Å². The van der Waals surface area contributed by atoms with Crippen LogP contribution in [0.4, 0.5) is 4.39 Å². The summed E-state index contributed by atoms with van der Waals surface area (Å²) in [6, 6.07) is 6.01. The molecule has 0 unspecified atom stereocenters. The average molecular weight is 358 g/mol. The molecule has 0 fully saturated rings. The number of carbonyl (C=O) groups excluding carboxylic acids is 1. The van der Waals surface area contributed by atoms with Gasteiger partial charge in [-0.2, -0.15) is 5.10 Å². The highest BCUT2D eigenvalue weighted by Gasteiger charge is 2.23. The molecule has 1 aromatic carbocycles. The fourth-order valence-electron chi connectivity index (χ4n) is 2.66. The van der Waals surface area contributed by atoms with E-state index in [1.807, 2.05) is 0 Å². The van der Waals surface area contributed by atoms with Crippen molar-refractivity contribution >= 4 is 11.6 Å². The van der Waals surface area contributed by atoms with Crippen molar-refractivity contribution in [3.8, 4) is 11.1 Å². The Balaban J connectivity index is 2.18. The van der Waals surface area contributed by atoms with Gasteiger partial charge in [0.15, 0.2) is 11.3 Å². The third-order valence-electron chi connectivity index (χ3n) is 3.79. The minimum absolute atomic E-state index is 0.100. The van der Waals surface area contributed by atoms with Crippen LogP contribution in [0.2, 0.25) is 0 Å². The van der Waals surface area contributed by atoms with E-state index in [9.17, 15) is 9.18 Å². The number of aromatic nitrogens is 4. The minimum atomic E-state index is -0.556. The van der Waals surface area contributed by atoms with E-state index in [1.54, 1.807) is 40.0 Å². The van der Waals surface area contributed by atoms with Gasteiger partial charge in [-0.1, -0.05) is 12.1 Å². The maximum Gasteiger partial charge on any atom is 0.361 e. The highest BCUT2D eigenvalue weighted by Crippen LogP contribution is 2.29. The predicted molar refractivity (Wildman–Crippen MR) is 92.2 cm³/mol. The summed E-state index contributed by atoms with van der Waals surface area (Å²) in [4.78, 5) is 12.2. The number of methoxy groups -OCH3 is 1. The molecule has 2 aromatic heterocycles. The number of carbonyl (C=O) groups is 1. The minimum Gasteiger partial charge on any atom is -0.458 e. The number of aryl methyl sites for hydroxylation is 1. The van der Waals surface area contributed by atoms with Crippen molar-refractivity contribution in [1.82, 2.24) is 19.8 Å². The van der Waals surface area contributed by atoms with Crippen molar-refractivity contribution in [3.05, 3.63) is 47.2 Å². The zero-order chi connectivity index (χ0) is 18.8. The van der Waals surface area contributed by atoms with Crippen molar-refractivity contribution in [2.24, 2.45) is 0 Å². The van der Waals surface area contributed by atoms with Gasteiger partial charge in [0, 0.05) is 7.11 Å². The van der Waals surface area contributed by atoms with Crippen LogP contribution in [-0.2, 0) is 16.1 Å². The summed E-state index contributed by atoms with van der Waals surface area (Å²) >= 11 is 0. The van der Waals surface area contributed by atoms with Gasteiger partial charge in [-0.25, -0.2) is 13.7 Å². The van der Waals surface area contributed by atoms with Crippen molar-refractivity contribution in [3.63, 3.8) is 0 Å². The number of nitrogens with zero attached hydrogens (tertiary/aromatic N) is 4. The van der Waals surface area contributed by atoms with Gasteiger partial charge in [0.05, 0.1) is 29.7 Å². The zero-order valence-electron chi connectivity index (χ0n) is 15.0. The Bertz CT molecular complexity index is 951. The Morgan fingerprint density at radius 1 is 1.23 bits per heavy atom. The molecule has 2 heterocycles. The number of benzene rings is 1. The van der Waals surface area contributed by atoms with E-state index in [-0.39, 0.29) is 24.2 Å². The number of ether oxygens (including phenoxy) is 2. The molecule has 0 bridgehead atoms. The van der Waals surface area contributed by atoms with Crippen molar-refractivity contribution in [1.29, 1.82) is 0 Å². The molecule has 7 nitrogen and oxygen atoms in total. The van der Waals surface area contributed by atoms with Crippen LogP contribution in [0.1, 0.15) is 35.7 Å². The first-order valence-corrected chi connectivity index (χ1v) is 8.13. The molecule has 0 saturated heterocycles. The first-order valence-electron chi connectivity index (χ1n) is 8.13. The molecule has 0 aliphatic rings. The molecule has 3 rings (SSSR count). The molecule has 0 radical (unpaired) electrons. The largest absolute Gasteiger partial charge is 0.458 e. The molecule has 0 atom stereocenters. The number of hydrogen-bond acceptors (Lipinski definition) is 6. The Morgan fingerprint density at radius 3 is 2.54 bits per heavy atom. The van der Waals surface area contributed by atoms with Crippen molar-refractivity contribution < 1.29 is 18.7 Å². The summed E-state index contributed by atoms with van der Waals surface area (Å²) < 4.78 is 25.2. The lowest BCUT2D eigenvalue weighted by atomic mass is 10.1. The fraction of sp³-hybridized carbons (Fsp3) is 0.333. The van der Waals surface area contributed by atoms with Crippen LogP contribution in [-0.4, -0.2) is 39.0 Å². The summed E-state index contributed by atoms with van der Waals surface area (Å²) in [5.74, 6) is -0.890. The van der Waals surface area contributed by atoms with E-state index in [0.29, 0.717) is 22.6 Å². The second-order valence-electron chi connectivity index (χ2n) is 6.09. The predicted octanol–water partition coefficient (Wildman–Crippen LogP) is 2.95. The van der Waals surface area contributed by atoms with Crippen LogP contribution in [0.15, 0.2) is 24.3 Å². The molecule has 8 heteroatoms.